The first-order valence-electron chi connectivity index (χ1n) is 8.49. The van der Waals surface area contributed by atoms with Crippen molar-refractivity contribution in [2.45, 2.75) is 45.1 Å². The minimum atomic E-state index is -0.615. The van der Waals surface area contributed by atoms with E-state index in [1.807, 2.05) is 0 Å². The molecule has 8 nitrogen and oxygen atoms in total. The van der Waals surface area contributed by atoms with Crippen LogP contribution in [0.4, 0.5) is 0 Å². The van der Waals surface area contributed by atoms with Crippen LogP contribution in [-0.2, 0) is 12.6 Å². The van der Waals surface area contributed by atoms with E-state index < -0.39 is 5.54 Å². The standard InChI is InChI=1S/C17H19N5O3S/c1-9-11-14(18-8-22(3)15(11)24)26-12(9)13(23)20-17(6-4-5-7-17)16-19-10(2)25-21-16/h8H,4-7H2,1-3H3,(H,20,23). The third kappa shape index (κ3) is 2.54. The maximum atomic E-state index is 13.0. The number of aryl methyl sites for hydroxylation is 3. The van der Waals surface area contributed by atoms with Crippen LogP contribution in [0.5, 0.6) is 0 Å². The van der Waals surface area contributed by atoms with Gasteiger partial charge < -0.3 is 14.4 Å². The number of hydrogen-bond acceptors (Lipinski definition) is 7. The zero-order chi connectivity index (χ0) is 18.5. The van der Waals surface area contributed by atoms with Crippen LogP contribution in [0.3, 0.4) is 0 Å². The number of rotatable bonds is 3. The molecule has 0 unspecified atom stereocenters. The number of carbonyl (C=O) groups is 1. The zero-order valence-corrected chi connectivity index (χ0v) is 15.6. The first kappa shape index (κ1) is 16.9. The molecule has 1 aliphatic carbocycles. The van der Waals surface area contributed by atoms with E-state index in [1.54, 1.807) is 20.9 Å². The Morgan fingerprint density at radius 1 is 1.35 bits per heavy atom. The van der Waals surface area contributed by atoms with Gasteiger partial charge in [0.15, 0.2) is 5.82 Å². The topological polar surface area (TPSA) is 103 Å². The summed E-state index contributed by atoms with van der Waals surface area (Å²) < 4.78 is 6.55. The molecule has 3 aromatic rings. The second-order valence-electron chi connectivity index (χ2n) is 6.78. The van der Waals surface area contributed by atoms with Crippen molar-refractivity contribution in [3.8, 4) is 0 Å². The van der Waals surface area contributed by atoms with Crippen LogP contribution in [-0.4, -0.2) is 25.6 Å². The van der Waals surface area contributed by atoms with E-state index in [9.17, 15) is 9.59 Å². The Balaban J connectivity index is 1.74. The van der Waals surface area contributed by atoms with Crippen molar-refractivity contribution in [1.82, 2.24) is 25.0 Å². The maximum absolute atomic E-state index is 13.0. The summed E-state index contributed by atoms with van der Waals surface area (Å²) >= 11 is 1.24. The Morgan fingerprint density at radius 3 is 2.73 bits per heavy atom. The number of aromatic nitrogens is 4. The molecule has 3 heterocycles. The first-order chi connectivity index (χ1) is 12.4. The molecule has 4 rings (SSSR count). The lowest BCUT2D eigenvalue weighted by Gasteiger charge is -2.26. The zero-order valence-electron chi connectivity index (χ0n) is 14.8. The number of fused-ring (bicyclic) bond motifs is 1. The number of carbonyl (C=O) groups excluding carboxylic acids is 1. The molecule has 26 heavy (non-hydrogen) atoms. The molecule has 1 fully saturated rings. The SMILES string of the molecule is Cc1nc(C2(NC(=O)c3sc4ncn(C)c(=O)c4c3C)CCCC2)no1. The van der Waals surface area contributed by atoms with Crippen LogP contribution in [0.1, 0.15) is 52.6 Å². The summed E-state index contributed by atoms with van der Waals surface area (Å²) in [4.78, 5) is 35.1. The van der Waals surface area contributed by atoms with Crippen molar-refractivity contribution >= 4 is 27.5 Å². The number of thiophene rings is 1. The first-order valence-corrected chi connectivity index (χ1v) is 9.31. The van der Waals surface area contributed by atoms with E-state index >= 15 is 0 Å². The Hall–Kier alpha value is -2.55. The van der Waals surface area contributed by atoms with Crippen molar-refractivity contribution < 1.29 is 9.32 Å². The highest BCUT2D eigenvalue weighted by Gasteiger charge is 2.42. The highest BCUT2D eigenvalue weighted by molar-refractivity contribution is 7.20. The third-order valence-electron chi connectivity index (χ3n) is 4.98. The Bertz CT molecular complexity index is 1060. The lowest BCUT2D eigenvalue weighted by Crippen LogP contribution is -2.44. The lowest BCUT2D eigenvalue weighted by atomic mass is 9.96. The number of amides is 1. The molecular formula is C17H19N5O3S. The number of nitrogens with one attached hydrogen (secondary N) is 1. The van der Waals surface area contributed by atoms with Crippen molar-refractivity contribution in [3.63, 3.8) is 0 Å². The van der Waals surface area contributed by atoms with Gasteiger partial charge in [0.1, 0.15) is 10.4 Å². The fourth-order valence-corrected chi connectivity index (χ4v) is 4.61. The lowest BCUT2D eigenvalue weighted by molar-refractivity contribution is 0.0895. The molecular weight excluding hydrogens is 354 g/mol. The largest absolute Gasteiger partial charge is 0.340 e. The van der Waals surface area contributed by atoms with Crippen LogP contribution >= 0.6 is 11.3 Å². The molecule has 0 bridgehead atoms. The molecule has 1 saturated carbocycles. The van der Waals surface area contributed by atoms with Crippen LogP contribution in [0.15, 0.2) is 15.6 Å². The van der Waals surface area contributed by atoms with E-state index in [-0.39, 0.29) is 11.5 Å². The van der Waals surface area contributed by atoms with Crippen LogP contribution < -0.4 is 10.9 Å². The van der Waals surface area contributed by atoms with Crippen molar-refractivity contribution in [3.05, 3.63) is 38.8 Å². The van der Waals surface area contributed by atoms with E-state index in [0.29, 0.717) is 32.4 Å². The highest BCUT2D eigenvalue weighted by atomic mass is 32.1. The fourth-order valence-electron chi connectivity index (χ4n) is 3.58. The van der Waals surface area contributed by atoms with Gasteiger partial charge in [0.25, 0.3) is 11.5 Å². The molecule has 1 aliphatic rings. The van der Waals surface area contributed by atoms with Crippen molar-refractivity contribution in [1.29, 1.82) is 0 Å². The monoisotopic (exact) mass is 373 g/mol. The second kappa shape index (κ2) is 6.01. The van der Waals surface area contributed by atoms with Gasteiger partial charge in [-0.3, -0.25) is 9.59 Å². The van der Waals surface area contributed by atoms with Gasteiger partial charge in [-0.25, -0.2) is 4.98 Å². The van der Waals surface area contributed by atoms with Crippen LogP contribution in [0, 0.1) is 13.8 Å². The Kier molecular flexibility index (Phi) is 3.91. The van der Waals surface area contributed by atoms with Gasteiger partial charge in [-0.05, 0) is 25.3 Å². The minimum absolute atomic E-state index is 0.146. The van der Waals surface area contributed by atoms with E-state index in [0.717, 1.165) is 25.7 Å². The smallest absolute Gasteiger partial charge is 0.262 e. The molecule has 0 aromatic carbocycles. The summed E-state index contributed by atoms with van der Waals surface area (Å²) in [5.41, 5.74) is -0.101. The van der Waals surface area contributed by atoms with Crippen molar-refractivity contribution in [2.75, 3.05) is 0 Å². The molecule has 0 saturated heterocycles. The highest BCUT2D eigenvalue weighted by Crippen LogP contribution is 2.38. The molecule has 3 aromatic heterocycles. The van der Waals surface area contributed by atoms with Crippen molar-refractivity contribution in [2.24, 2.45) is 7.05 Å². The molecule has 1 amide bonds. The fraction of sp³-hybridized carbons (Fsp3) is 0.471. The van der Waals surface area contributed by atoms with Gasteiger partial charge in [-0.1, -0.05) is 18.0 Å². The summed E-state index contributed by atoms with van der Waals surface area (Å²) in [6, 6.07) is 0. The molecule has 0 spiro atoms. The van der Waals surface area contributed by atoms with Gasteiger partial charge in [0.2, 0.25) is 5.89 Å². The van der Waals surface area contributed by atoms with E-state index in [2.05, 4.69) is 20.4 Å². The summed E-state index contributed by atoms with van der Waals surface area (Å²) in [7, 11) is 1.65. The molecule has 136 valence electrons. The third-order valence-corrected chi connectivity index (χ3v) is 6.18. The summed E-state index contributed by atoms with van der Waals surface area (Å²) in [6.45, 7) is 3.52. The quantitative estimate of drug-likeness (QED) is 0.755. The average molecular weight is 373 g/mol. The Morgan fingerprint density at radius 2 is 2.08 bits per heavy atom. The number of hydrogen-bond donors (Lipinski definition) is 1. The molecule has 9 heteroatoms. The molecule has 0 radical (unpaired) electrons. The Labute approximate surface area is 153 Å². The predicted molar refractivity (Wildman–Crippen MR) is 96.2 cm³/mol. The maximum Gasteiger partial charge on any atom is 0.262 e. The summed E-state index contributed by atoms with van der Waals surface area (Å²) in [5.74, 6) is 0.775. The van der Waals surface area contributed by atoms with Gasteiger partial charge in [0.05, 0.1) is 16.6 Å². The normalized spacial score (nSPS) is 16.3. The number of nitrogens with zero attached hydrogens (tertiary/aromatic N) is 4. The van der Waals surface area contributed by atoms with Gasteiger partial charge in [-0.2, -0.15) is 4.98 Å². The van der Waals surface area contributed by atoms with E-state index in [4.69, 9.17) is 4.52 Å². The molecule has 0 atom stereocenters. The minimum Gasteiger partial charge on any atom is -0.340 e. The van der Waals surface area contributed by atoms with Gasteiger partial charge in [-0.15, -0.1) is 11.3 Å². The molecule has 0 aliphatic heterocycles. The van der Waals surface area contributed by atoms with Gasteiger partial charge >= 0.3 is 0 Å². The summed E-state index contributed by atoms with van der Waals surface area (Å²) in [6.07, 6.45) is 4.98. The van der Waals surface area contributed by atoms with Crippen LogP contribution in [0.25, 0.3) is 10.2 Å². The second-order valence-corrected chi connectivity index (χ2v) is 7.78. The van der Waals surface area contributed by atoms with E-state index in [1.165, 1.54) is 22.2 Å². The predicted octanol–water partition coefficient (Wildman–Crippen LogP) is 2.19. The van der Waals surface area contributed by atoms with Gasteiger partial charge in [0, 0.05) is 14.0 Å². The summed E-state index contributed by atoms with van der Waals surface area (Å²) in [5, 5.41) is 7.67. The van der Waals surface area contributed by atoms with Crippen LogP contribution in [0.2, 0.25) is 0 Å². The molecule has 1 N–H and O–H groups in total. The average Bonchev–Trinajstić information content (AvgIpc) is 3.31.